The monoisotopic (exact) mass is 302 g/mol. The first-order valence-corrected chi connectivity index (χ1v) is 6.64. The number of ether oxygens (including phenoxy) is 2. The van der Waals surface area contributed by atoms with Gasteiger partial charge in [-0.3, -0.25) is 4.79 Å². The molecule has 1 N–H and O–H groups in total. The molecule has 1 fully saturated rings. The number of hydrogen-bond donors (Lipinski definition) is 1. The molecule has 0 spiro atoms. The second-order valence-electron chi connectivity index (χ2n) is 5.74. The molecule has 21 heavy (non-hydrogen) atoms. The van der Waals surface area contributed by atoms with Gasteiger partial charge in [0.2, 0.25) is 0 Å². The Balaban J connectivity index is 2.99. The normalized spacial score (nSPS) is 19.0. The first-order valence-electron chi connectivity index (χ1n) is 6.64. The molecule has 1 aliphatic heterocycles. The van der Waals surface area contributed by atoms with E-state index in [4.69, 9.17) is 9.84 Å². The summed E-state index contributed by atoms with van der Waals surface area (Å²) in [5.74, 6) is -1.69. The van der Waals surface area contributed by atoms with Crippen LogP contribution in [0, 0.1) is 0 Å². The Hall–Kier alpha value is -1.83. The fourth-order valence-electron chi connectivity index (χ4n) is 2.05. The third-order valence-corrected chi connectivity index (χ3v) is 3.18. The van der Waals surface area contributed by atoms with Crippen LogP contribution in [-0.4, -0.2) is 77.9 Å². The summed E-state index contributed by atoms with van der Waals surface area (Å²) in [6.45, 7) is 5.33. The molecule has 0 aromatic heterocycles. The molecule has 0 radical (unpaired) electrons. The van der Waals surface area contributed by atoms with E-state index >= 15 is 0 Å². The molecule has 0 aliphatic carbocycles. The molecule has 8 nitrogen and oxygen atoms in total. The van der Waals surface area contributed by atoms with E-state index in [1.54, 1.807) is 20.8 Å². The van der Waals surface area contributed by atoms with E-state index in [0.717, 1.165) is 0 Å². The Labute approximate surface area is 123 Å². The van der Waals surface area contributed by atoms with Crippen LogP contribution in [0.4, 0.5) is 4.79 Å². The van der Waals surface area contributed by atoms with E-state index in [-0.39, 0.29) is 13.2 Å². The van der Waals surface area contributed by atoms with Crippen molar-refractivity contribution in [3.05, 3.63) is 0 Å². The van der Waals surface area contributed by atoms with Crippen molar-refractivity contribution in [3.63, 3.8) is 0 Å². The minimum atomic E-state index is -1.11. The molecule has 0 saturated carbocycles. The van der Waals surface area contributed by atoms with E-state index in [1.165, 1.54) is 16.9 Å². The van der Waals surface area contributed by atoms with Gasteiger partial charge in [0.1, 0.15) is 6.54 Å². The van der Waals surface area contributed by atoms with E-state index in [1.807, 2.05) is 0 Å². The first kappa shape index (κ1) is 17.2. The fraction of sp³-hybridized carbons (Fsp3) is 0.769. The van der Waals surface area contributed by atoms with Crippen LogP contribution in [0.1, 0.15) is 20.8 Å². The highest BCUT2D eigenvalue weighted by Crippen LogP contribution is 2.19. The maximum absolute atomic E-state index is 12.6. The summed E-state index contributed by atoms with van der Waals surface area (Å²) >= 11 is 0. The zero-order valence-electron chi connectivity index (χ0n) is 12.8. The Morgan fingerprint density at radius 3 is 2.48 bits per heavy atom. The molecule has 0 aromatic carbocycles. The summed E-state index contributed by atoms with van der Waals surface area (Å²) in [5.41, 5.74) is -0.686. The Morgan fingerprint density at radius 1 is 1.38 bits per heavy atom. The number of urea groups is 1. The number of carboxylic acids is 1. The van der Waals surface area contributed by atoms with Crippen LogP contribution in [0.3, 0.4) is 0 Å². The molecule has 120 valence electrons. The molecular weight excluding hydrogens is 280 g/mol. The number of carboxylic acid groups (broad SMARTS) is 1. The average Bonchev–Trinajstić information content (AvgIpc) is 2.41. The second kappa shape index (κ2) is 6.75. The van der Waals surface area contributed by atoms with Gasteiger partial charge in [0.25, 0.3) is 0 Å². The summed E-state index contributed by atoms with van der Waals surface area (Å²) < 4.78 is 9.87. The summed E-state index contributed by atoms with van der Waals surface area (Å²) in [6.07, 6.45) is 0. The zero-order chi connectivity index (χ0) is 16.2. The van der Waals surface area contributed by atoms with Gasteiger partial charge in [-0.2, -0.15) is 0 Å². The van der Waals surface area contributed by atoms with Gasteiger partial charge in [-0.15, -0.1) is 0 Å². The van der Waals surface area contributed by atoms with Gasteiger partial charge in [0, 0.05) is 12.1 Å². The number of carbonyl (C=O) groups excluding carboxylic acids is 2. The van der Waals surface area contributed by atoms with Crippen LogP contribution in [0.25, 0.3) is 0 Å². The van der Waals surface area contributed by atoms with Gasteiger partial charge >= 0.3 is 18.0 Å². The van der Waals surface area contributed by atoms with Crippen LogP contribution in [0.5, 0.6) is 0 Å². The molecule has 1 rings (SSSR count). The van der Waals surface area contributed by atoms with Crippen molar-refractivity contribution >= 4 is 18.0 Å². The summed E-state index contributed by atoms with van der Waals surface area (Å²) in [5, 5.41) is 8.99. The van der Waals surface area contributed by atoms with Crippen LogP contribution >= 0.6 is 0 Å². The van der Waals surface area contributed by atoms with E-state index < -0.39 is 36.1 Å². The van der Waals surface area contributed by atoms with Crippen LogP contribution < -0.4 is 0 Å². The summed E-state index contributed by atoms with van der Waals surface area (Å²) in [7, 11) is 1.23. The fourth-order valence-corrected chi connectivity index (χ4v) is 2.05. The van der Waals surface area contributed by atoms with Gasteiger partial charge < -0.3 is 24.4 Å². The standard InChI is InChI=1S/C13H22N2O6/c1-13(2,3)15(7-10(16)17)12(19)14-5-6-21-8-9(14)11(18)20-4/h9H,5-8H2,1-4H3,(H,16,17). The summed E-state index contributed by atoms with van der Waals surface area (Å²) in [4.78, 5) is 37.9. The molecule has 8 heteroatoms. The quantitative estimate of drug-likeness (QED) is 0.746. The lowest BCUT2D eigenvalue weighted by molar-refractivity contribution is -0.151. The molecule has 1 atom stereocenters. The van der Waals surface area contributed by atoms with Crippen molar-refractivity contribution in [2.75, 3.05) is 33.4 Å². The first-order chi connectivity index (χ1) is 9.68. The van der Waals surface area contributed by atoms with Crippen molar-refractivity contribution < 1.29 is 29.0 Å². The number of amides is 2. The maximum Gasteiger partial charge on any atom is 0.331 e. The van der Waals surface area contributed by atoms with Crippen LogP contribution in [0.15, 0.2) is 0 Å². The molecular formula is C13H22N2O6. The minimum Gasteiger partial charge on any atom is -0.480 e. The zero-order valence-corrected chi connectivity index (χ0v) is 12.8. The van der Waals surface area contributed by atoms with Crippen molar-refractivity contribution in [2.45, 2.75) is 32.4 Å². The molecule has 1 unspecified atom stereocenters. The van der Waals surface area contributed by atoms with Crippen LogP contribution in [0.2, 0.25) is 0 Å². The largest absolute Gasteiger partial charge is 0.480 e. The Kier molecular flexibility index (Phi) is 5.54. The van der Waals surface area contributed by atoms with E-state index in [9.17, 15) is 14.4 Å². The van der Waals surface area contributed by atoms with Gasteiger partial charge in [-0.05, 0) is 20.8 Å². The number of aliphatic carboxylic acids is 1. The molecule has 1 aliphatic rings. The number of rotatable bonds is 3. The Morgan fingerprint density at radius 2 is 2.00 bits per heavy atom. The average molecular weight is 302 g/mol. The highest BCUT2D eigenvalue weighted by atomic mass is 16.5. The SMILES string of the molecule is COC(=O)C1COCCN1C(=O)N(CC(=O)O)C(C)(C)C. The molecule has 1 saturated heterocycles. The number of nitrogens with zero attached hydrogens (tertiary/aromatic N) is 2. The number of esters is 1. The lowest BCUT2D eigenvalue weighted by Gasteiger charge is -2.41. The smallest absolute Gasteiger partial charge is 0.331 e. The van der Waals surface area contributed by atoms with Crippen molar-refractivity contribution in [3.8, 4) is 0 Å². The van der Waals surface area contributed by atoms with Gasteiger partial charge in [-0.25, -0.2) is 9.59 Å². The third kappa shape index (κ3) is 4.32. The van der Waals surface area contributed by atoms with Crippen molar-refractivity contribution in [1.82, 2.24) is 9.80 Å². The van der Waals surface area contributed by atoms with E-state index in [2.05, 4.69) is 4.74 Å². The van der Waals surface area contributed by atoms with Crippen LogP contribution in [-0.2, 0) is 19.1 Å². The lowest BCUT2D eigenvalue weighted by atomic mass is 10.1. The minimum absolute atomic E-state index is 0.0451. The predicted molar refractivity (Wildman–Crippen MR) is 72.8 cm³/mol. The Bertz CT molecular complexity index is 417. The van der Waals surface area contributed by atoms with Gasteiger partial charge in [-0.1, -0.05) is 0 Å². The molecule has 0 aromatic rings. The number of morpholine rings is 1. The number of carbonyl (C=O) groups is 3. The van der Waals surface area contributed by atoms with Gasteiger partial charge in [0.15, 0.2) is 6.04 Å². The highest BCUT2D eigenvalue weighted by Gasteiger charge is 2.39. The third-order valence-electron chi connectivity index (χ3n) is 3.18. The number of hydrogen-bond acceptors (Lipinski definition) is 5. The lowest BCUT2D eigenvalue weighted by Crippen LogP contribution is -2.60. The second-order valence-corrected chi connectivity index (χ2v) is 5.74. The topological polar surface area (TPSA) is 96.4 Å². The molecule has 2 amide bonds. The molecule has 0 bridgehead atoms. The highest BCUT2D eigenvalue weighted by molar-refractivity contribution is 5.86. The van der Waals surface area contributed by atoms with Gasteiger partial charge in [0.05, 0.1) is 20.3 Å². The maximum atomic E-state index is 12.6. The van der Waals surface area contributed by atoms with Crippen molar-refractivity contribution in [1.29, 1.82) is 0 Å². The predicted octanol–water partition coefficient (Wildman–Crippen LogP) is 0.165. The van der Waals surface area contributed by atoms with Crippen molar-refractivity contribution in [2.24, 2.45) is 0 Å². The number of methoxy groups -OCH3 is 1. The molecule has 1 heterocycles. The summed E-state index contributed by atoms with van der Waals surface area (Å²) in [6, 6.07) is -1.36. The van der Waals surface area contributed by atoms with E-state index in [0.29, 0.717) is 6.61 Å².